The van der Waals surface area contributed by atoms with Gasteiger partial charge in [-0.3, -0.25) is 4.79 Å². The van der Waals surface area contributed by atoms with Crippen LogP contribution >= 0.6 is 0 Å². The van der Waals surface area contributed by atoms with Crippen molar-refractivity contribution in [1.29, 1.82) is 0 Å². The fourth-order valence-corrected chi connectivity index (χ4v) is 2.63. The van der Waals surface area contributed by atoms with E-state index in [9.17, 15) is 9.90 Å². The fraction of sp³-hybridized carbons (Fsp3) is 0.533. The molecule has 1 N–H and O–H groups in total. The highest BCUT2D eigenvalue weighted by molar-refractivity contribution is 5.85. The van der Waals surface area contributed by atoms with Gasteiger partial charge in [0.25, 0.3) is 0 Å². The molecule has 104 valence electrons. The van der Waals surface area contributed by atoms with Crippen LogP contribution in [0, 0.1) is 6.92 Å². The van der Waals surface area contributed by atoms with Crippen molar-refractivity contribution >= 4 is 12.0 Å². The van der Waals surface area contributed by atoms with Gasteiger partial charge in [0.05, 0.1) is 18.3 Å². The number of anilines is 1. The first kappa shape index (κ1) is 14.0. The topological polar surface area (TPSA) is 49.8 Å². The lowest BCUT2D eigenvalue weighted by Crippen LogP contribution is -2.54. The highest BCUT2D eigenvalue weighted by atomic mass is 16.5. The molecule has 1 unspecified atom stereocenters. The number of hydrogen-bond acceptors (Lipinski definition) is 4. The third-order valence-electron chi connectivity index (χ3n) is 3.34. The first-order valence-corrected chi connectivity index (χ1v) is 6.54. The maximum absolute atomic E-state index is 11.2. The van der Waals surface area contributed by atoms with E-state index in [1.165, 1.54) is 0 Å². The molecule has 1 aliphatic heterocycles. The molecule has 4 heteroatoms. The number of aliphatic hydroxyl groups is 1. The van der Waals surface area contributed by atoms with Crippen LogP contribution in [0.4, 0.5) is 5.69 Å². The number of hydrogen-bond donors (Lipinski definition) is 1. The second-order valence-corrected chi connectivity index (χ2v) is 5.74. The zero-order valence-electron chi connectivity index (χ0n) is 11.7. The van der Waals surface area contributed by atoms with E-state index < -0.39 is 0 Å². The molecule has 2 rings (SSSR count). The van der Waals surface area contributed by atoms with Crippen LogP contribution < -0.4 is 4.90 Å². The Bertz CT molecular complexity index is 470. The summed E-state index contributed by atoms with van der Waals surface area (Å²) in [5.41, 5.74) is 2.33. The first-order chi connectivity index (χ1) is 8.95. The molecular weight excluding hydrogens is 242 g/mol. The predicted octanol–water partition coefficient (Wildman–Crippen LogP) is 1.78. The van der Waals surface area contributed by atoms with Crippen molar-refractivity contribution in [3.63, 3.8) is 0 Å². The highest BCUT2D eigenvalue weighted by Crippen LogP contribution is 2.28. The normalized spacial score (nSPS) is 22.3. The Balaban J connectivity index is 2.32. The third kappa shape index (κ3) is 3.14. The molecule has 1 fully saturated rings. The van der Waals surface area contributed by atoms with Crippen molar-refractivity contribution in [2.75, 3.05) is 24.6 Å². The minimum Gasteiger partial charge on any atom is -0.394 e. The van der Waals surface area contributed by atoms with Crippen LogP contribution in [-0.4, -0.2) is 42.8 Å². The maximum Gasteiger partial charge on any atom is 0.152 e. The molecule has 1 heterocycles. The molecule has 19 heavy (non-hydrogen) atoms. The quantitative estimate of drug-likeness (QED) is 0.845. The molecule has 1 aromatic rings. The third-order valence-corrected chi connectivity index (χ3v) is 3.34. The van der Waals surface area contributed by atoms with E-state index in [1.54, 1.807) is 0 Å². The molecule has 0 spiro atoms. The summed E-state index contributed by atoms with van der Waals surface area (Å²) in [6.45, 7) is 7.25. The molecule has 0 aliphatic carbocycles. The van der Waals surface area contributed by atoms with E-state index >= 15 is 0 Å². The van der Waals surface area contributed by atoms with E-state index in [2.05, 4.69) is 4.90 Å². The van der Waals surface area contributed by atoms with Crippen molar-refractivity contribution in [3.8, 4) is 0 Å². The average molecular weight is 263 g/mol. The van der Waals surface area contributed by atoms with Gasteiger partial charge in [-0.25, -0.2) is 0 Å². The Labute approximate surface area is 114 Å². The van der Waals surface area contributed by atoms with Crippen LogP contribution in [0.15, 0.2) is 18.2 Å². The molecule has 1 aromatic carbocycles. The summed E-state index contributed by atoms with van der Waals surface area (Å²) >= 11 is 0. The number of carbonyl (C=O) groups is 1. The molecule has 0 bridgehead atoms. The van der Waals surface area contributed by atoms with Gasteiger partial charge in [-0.1, -0.05) is 11.6 Å². The van der Waals surface area contributed by atoms with Gasteiger partial charge >= 0.3 is 0 Å². The van der Waals surface area contributed by atoms with Gasteiger partial charge < -0.3 is 14.7 Å². The average Bonchev–Trinajstić information content (AvgIpc) is 2.36. The van der Waals surface area contributed by atoms with Crippen molar-refractivity contribution in [2.45, 2.75) is 32.5 Å². The van der Waals surface area contributed by atoms with Gasteiger partial charge in [-0.15, -0.1) is 0 Å². The largest absolute Gasteiger partial charge is 0.394 e. The number of aryl methyl sites for hydroxylation is 1. The summed E-state index contributed by atoms with van der Waals surface area (Å²) in [5, 5.41) is 9.34. The van der Waals surface area contributed by atoms with E-state index in [0.29, 0.717) is 18.7 Å². The van der Waals surface area contributed by atoms with Crippen LogP contribution in [0.1, 0.15) is 29.8 Å². The van der Waals surface area contributed by atoms with Gasteiger partial charge in [0.15, 0.2) is 6.29 Å². The summed E-state index contributed by atoms with van der Waals surface area (Å²) in [4.78, 5) is 13.3. The standard InChI is InChI=1S/C15H21NO3/c1-11-4-5-14(12(6-11)8-17)16-7-13(9-18)19-15(2,3)10-16/h4-6,8,13,18H,7,9-10H2,1-3H3. The Kier molecular flexibility index (Phi) is 3.92. The van der Waals surface area contributed by atoms with Gasteiger partial charge in [0.2, 0.25) is 0 Å². The number of rotatable bonds is 3. The Hall–Kier alpha value is -1.39. The number of nitrogens with zero attached hydrogens (tertiary/aromatic N) is 1. The smallest absolute Gasteiger partial charge is 0.152 e. The van der Waals surface area contributed by atoms with Crippen LogP contribution in [-0.2, 0) is 4.74 Å². The Morgan fingerprint density at radius 3 is 2.89 bits per heavy atom. The van der Waals surface area contributed by atoms with Crippen LogP contribution in [0.3, 0.4) is 0 Å². The summed E-state index contributed by atoms with van der Waals surface area (Å²) in [7, 11) is 0. The molecule has 1 saturated heterocycles. The summed E-state index contributed by atoms with van der Waals surface area (Å²) in [6.07, 6.45) is 0.670. The van der Waals surface area contributed by atoms with Gasteiger partial charge in [-0.2, -0.15) is 0 Å². The molecule has 0 radical (unpaired) electrons. The van der Waals surface area contributed by atoms with Crippen molar-refractivity contribution in [3.05, 3.63) is 29.3 Å². The van der Waals surface area contributed by atoms with Crippen LogP contribution in [0.25, 0.3) is 0 Å². The van der Waals surface area contributed by atoms with E-state index in [-0.39, 0.29) is 18.3 Å². The van der Waals surface area contributed by atoms with Gasteiger partial charge in [-0.05, 0) is 32.9 Å². The fourth-order valence-electron chi connectivity index (χ4n) is 2.63. The van der Waals surface area contributed by atoms with Crippen molar-refractivity contribution in [2.24, 2.45) is 0 Å². The minimum atomic E-state index is -0.337. The zero-order valence-corrected chi connectivity index (χ0v) is 11.7. The number of carbonyl (C=O) groups excluding carboxylic acids is 1. The predicted molar refractivity (Wildman–Crippen MR) is 74.8 cm³/mol. The summed E-state index contributed by atoms with van der Waals surface area (Å²) < 4.78 is 5.79. The Morgan fingerprint density at radius 2 is 2.26 bits per heavy atom. The Morgan fingerprint density at radius 1 is 1.53 bits per heavy atom. The SMILES string of the molecule is Cc1ccc(N2CC(CO)OC(C)(C)C2)c(C=O)c1. The molecule has 0 saturated carbocycles. The molecular formula is C15H21NO3. The highest BCUT2D eigenvalue weighted by Gasteiger charge is 2.33. The summed E-state index contributed by atoms with van der Waals surface area (Å²) in [5.74, 6) is 0. The lowest BCUT2D eigenvalue weighted by Gasteiger charge is -2.43. The molecule has 0 amide bonds. The number of benzene rings is 1. The van der Waals surface area contributed by atoms with Crippen LogP contribution in [0.2, 0.25) is 0 Å². The van der Waals surface area contributed by atoms with Crippen molar-refractivity contribution < 1.29 is 14.6 Å². The lowest BCUT2D eigenvalue weighted by molar-refractivity contribution is -0.101. The molecule has 4 nitrogen and oxygen atoms in total. The van der Waals surface area contributed by atoms with E-state index in [0.717, 1.165) is 17.5 Å². The number of morpholine rings is 1. The van der Waals surface area contributed by atoms with Gasteiger partial charge in [0, 0.05) is 24.3 Å². The molecule has 1 atom stereocenters. The van der Waals surface area contributed by atoms with E-state index in [1.807, 2.05) is 39.0 Å². The van der Waals surface area contributed by atoms with E-state index in [4.69, 9.17) is 4.74 Å². The minimum absolute atomic E-state index is 0.0117. The second kappa shape index (κ2) is 5.31. The molecule has 1 aliphatic rings. The monoisotopic (exact) mass is 263 g/mol. The van der Waals surface area contributed by atoms with Gasteiger partial charge in [0.1, 0.15) is 0 Å². The van der Waals surface area contributed by atoms with Crippen molar-refractivity contribution in [1.82, 2.24) is 0 Å². The molecule has 0 aromatic heterocycles. The second-order valence-electron chi connectivity index (χ2n) is 5.74. The van der Waals surface area contributed by atoms with Crippen LogP contribution in [0.5, 0.6) is 0 Å². The maximum atomic E-state index is 11.2. The lowest BCUT2D eigenvalue weighted by atomic mass is 10.0. The first-order valence-electron chi connectivity index (χ1n) is 6.54. The number of aldehydes is 1. The number of aliphatic hydroxyl groups excluding tert-OH is 1. The number of ether oxygens (including phenoxy) is 1. The zero-order chi connectivity index (χ0) is 14.0. The summed E-state index contributed by atoms with van der Waals surface area (Å²) in [6, 6.07) is 5.85.